The number of hydrogen-bond acceptors (Lipinski definition) is 4. The van der Waals surface area contributed by atoms with Crippen LogP contribution in [-0.2, 0) is 4.84 Å². The van der Waals surface area contributed by atoms with Gasteiger partial charge in [-0.25, -0.2) is 4.99 Å². The summed E-state index contributed by atoms with van der Waals surface area (Å²) in [4.78, 5) is 11.5. The van der Waals surface area contributed by atoms with E-state index in [0.29, 0.717) is 5.92 Å². The molecule has 6 rings (SSSR count). The molecular weight excluding hydrogens is 450 g/mol. The molecule has 2 aliphatic carbocycles. The zero-order valence-electron chi connectivity index (χ0n) is 18.1. The molecule has 2 bridgehead atoms. The van der Waals surface area contributed by atoms with Gasteiger partial charge in [-0.05, 0) is 55.0 Å². The van der Waals surface area contributed by atoms with Crippen molar-refractivity contribution in [2.45, 2.75) is 57.6 Å². The van der Waals surface area contributed by atoms with Gasteiger partial charge in [0.05, 0.1) is 23.1 Å². The summed E-state index contributed by atoms with van der Waals surface area (Å²) in [5.41, 5.74) is 5.39. The molecule has 0 amide bonds. The van der Waals surface area contributed by atoms with Crippen molar-refractivity contribution in [1.82, 2.24) is 0 Å². The predicted octanol–water partition coefficient (Wildman–Crippen LogP) is 7.05. The van der Waals surface area contributed by atoms with Crippen LogP contribution in [0.1, 0.15) is 57.6 Å². The summed E-state index contributed by atoms with van der Waals surface area (Å²) in [6, 6.07) is 17.0. The van der Waals surface area contributed by atoms with Gasteiger partial charge in [-0.3, -0.25) is 0 Å². The van der Waals surface area contributed by atoms with Crippen molar-refractivity contribution in [3.8, 4) is 0 Å². The van der Waals surface area contributed by atoms with Gasteiger partial charge in [0.1, 0.15) is 5.71 Å². The number of benzene rings is 2. The number of aliphatic imine (C=N–C) groups is 1. The van der Waals surface area contributed by atoms with E-state index in [1.807, 2.05) is 0 Å². The molecule has 2 heterocycles. The van der Waals surface area contributed by atoms with Crippen LogP contribution in [0.25, 0.3) is 0 Å². The monoisotopic (exact) mass is 477 g/mol. The molecule has 2 aliphatic heterocycles. The number of oxime groups is 1. The van der Waals surface area contributed by atoms with Gasteiger partial charge in [-0.15, -0.1) is 0 Å². The molecule has 4 nitrogen and oxygen atoms in total. The Morgan fingerprint density at radius 2 is 1.87 bits per heavy atom. The minimum atomic E-state index is -0.154. The van der Waals surface area contributed by atoms with Crippen molar-refractivity contribution in [2.75, 3.05) is 5.32 Å². The number of fused-ring (bicyclic) bond motifs is 4. The van der Waals surface area contributed by atoms with Crippen molar-refractivity contribution in [2.24, 2.45) is 27.4 Å². The van der Waals surface area contributed by atoms with Crippen LogP contribution < -0.4 is 5.32 Å². The smallest absolute Gasteiger partial charge is 0.151 e. The van der Waals surface area contributed by atoms with Gasteiger partial charge in [0, 0.05) is 28.6 Å². The zero-order valence-corrected chi connectivity index (χ0v) is 19.7. The number of para-hydroxylation sites is 2. The highest BCUT2D eigenvalue weighted by molar-refractivity contribution is 9.10. The van der Waals surface area contributed by atoms with Crippen LogP contribution in [0.3, 0.4) is 0 Å². The van der Waals surface area contributed by atoms with E-state index in [2.05, 4.69) is 83.6 Å². The van der Waals surface area contributed by atoms with E-state index in [9.17, 15) is 0 Å². The maximum absolute atomic E-state index is 6.38. The maximum Gasteiger partial charge on any atom is 0.151 e. The van der Waals surface area contributed by atoms with Crippen LogP contribution in [0.4, 0.5) is 11.4 Å². The Morgan fingerprint density at radius 1 is 1.03 bits per heavy atom. The van der Waals surface area contributed by atoms with E-state index in [0.717, 1.165) is 46.0 Å². The fraction of sp³-hybridized carbons (Fsp3) is 0.462. The summed E-state index contributed by atoms with van der Waals surface area (Å²) >= 11 is 3.63. The number of halogens is 1. The second-order valence-corrected chi connectivity index (χ2v) is 11.1. The lowest BCUT2D eigenvalue weighted by Gasteiger charge is -2.44. The molecule has 4 aliphatic rings. The van der Waals surface area contributed by atoms with Crippen LogP contribution in [-0.4, -0.2) is 17.0 Å². The molecule has 5 heteroatoms. The summed E-state index contributed by atoms with van der Waals surface area (Å²) in [6.45, 7) is 4.79. The number of hydrogen-bond donors (Lipinski definition) is 1. The van der Waals surface area contributed by atoms with Crippen molar-refractivity contribution in [3.05, 3.63) is 58.6 Å². The van der Waals surface area contributed by atoms with Gasteiger partial charge < -0.3 is 10.2 Å². The van der Waals surface area contributed by atoms with E-state index < -0.39 is 0 Å². The first-order valence-electron chi connectivity index (χ1n) is 11.4. The highest BCUT2D eigenvalue weighted by Crippen LogP contribution is 2.65. The molecule has 160 valence electrons. The van der Waals surface area contributed by atoms with Crippen LogP contribution in [0.15, 0.2) is 63.2 Å². The fourth-order valence-corrected chi connectivity index (χ4v) is 6.94. The third-order valence-corrected chi connectivity index (χ3v) is 8.92. The quantitative estimate of drug-likeness (QED) is 0.503. The first-order valence-corrected chi connectivity index (χ1v) is 12.2. The highest BCUT2D eigenvalue weighted by atomic mass is 79.9. The standard InChI is InChI=1S/C26H28BrN3O/c1-25(2)17-10-11-18(13-17)26(25)15-24(30-31-26)23-14-22(16-6-5-7-19(27)12-16)28-20-8-3-4-9-21(20)29-23/h3-9,12,17-18,22,28H,10-11,13-15H2,1-2H3/t17-,18+,22?,26?/m1/s1. The van der Waals surface area contributed by atoms with Crippen LogP contribution in [0.5, 0.6) is 0 Å². The largest absolute Gasteiger partial charge is 0.388 e. The summed E-state index contributed by atoms with van der Waals surface area (Å²) < 4.78 is 1.09. The fourth-order valence-electron chi connectivity index (χ4n) is 6.52. The summed E-state index contributed by atoms with van der Waals surface area (Å²) in [6.07, 6.45) is 5.56. The molecular formula is C26H28BrN3O. The minimum absolute atomic E-state index is 0.132. The SMILES string of the molecule is CC1(C)[C@@H]2CC[C@@H](C2)C12CC(C1=Nc3ccccc3NC(c3cccc(Br)c3)C1)=NO2. The normalized spacial score (nSPS) is 32.7. The molecule has 1 spiro atoms. The Labute approximate surface area is 192 Å². The maximum atomic E-state index is 6.38. The van der Waals surface area contributed by atoms with Gasteiger partial charge in [0.2, 0.25) is 0 Å². The summed E-state index contributed by atoms with van der Waals surface area (Å²) in [5.74, 6) is 1.37. The second-order valence-electron chi connectivity index (χ2n) is 10.2. The number of anilines is 1. The Kier molecular flexibility index (Phi) is 4.37. The molecule has 4 atom stereocenters. The zero-order chi connectivity index (χ0) is 21.2. The molecule has 2 fully saturated rings. The molecule has 0 aromatic heterocycles. The highest BCUT2D eigenvalue weighted by Gasteiger charge is 2.67. The molecule has 0 radical (unpaired) electrons. The van der Waals surface area contributed by atoms with E-state index in [1.165, 1.54) is 24.8 Å². The lowest BCUT2D eigenvalue weighted by Crippen LogP contribution is -2.49. The molecule has 2 aromatic rings. The van der Waals surface area contributed by atoms with E-state index >= 15 is 0 Å². The predicted molar refractivity (Wildman–Crippen MR) is 129 cm³/mol. The van der Waals surface area contributed by atoms with Gasteiger partial charge in [0.15, 0.2) is 5.60 Å². The Balaban J connectivity index is 1.37. The molecule has 2 unspecified atom stereocenters. The van der Waals surface area contributed by atoms with Crippen LogP contribution in [0.2, 0.25) is 0 Å². The number of nitrogens with zero attached hydrogens (tertiary/aromatic N) is 2. The average molecular weight is 478 g/mol. The third kappa shape index (κ3) is 2.92. The Bertz CT molecular complexity index is 1110. The molecule has 31 heavy (non-hydrogen) atoms. The van der Waals surface area contributed by atoms with Crippen molar-refractivity contribution in [3.63, 3.8) is 0 Å². The Hall–Kier alpha value is -2.14. The topological polar surface area (TPSA) is 46.0 Å². The second kappa shape index (κ2) is 6.93. The number of rotatable bonds is 2. The molecule has 0 saturated heterocycles. The lowest BCUT2D eigenvalue weighted by molar-refractivity contribution is -0.135. The van der Waals surface area contributed by atoms with E-state index in [1.54, 1.807) is 0 Å². The first kappa shape index (κ1) is 19.5. The first-order chi connectivity index (χ1) is 15.0. The van der Waals surface area contributed by atoms with Crippen molar-refractivity contribution < 1.29 is 4.84 Å². The van der Waals surface area contributed by atoms with E-state index in [4.69, 9.17) is 15.0 Å². The lowest BCUT2D eigenvalue weighted by atomic mass is 9.63. The van der Waals surface area contributed by atoms with Crippen LogP contribution >= 0.6 is 15.9 Å². The summed E-state index contributed by atoms with van der Waals surface area (Å²) in [5, 5.41) is 8.45. The van der Waals surface area contributed by atoms with Gasteiger partial charge in [-0.2, -0.15) is 0 Å². The average Bonchev–Trinajstić information content (AvgIpc) is 3.42. The Morgan fingerprint density at radius 3 is 2.68 bits per heavy atom. The van der Waals surface area contributed by atoms with Crippen LogP contribution in [0, 0.1) is 17.3 Å². The molecule has 2 saturated carbocycles. The van der Waals surface area contributed by atoms with Crippen molar-refractivity contribution in [1.29, 1.82) is 0 Å². The minimum Gasteiger partial charge on any atom is -0.388 e. The van der Waals surface area contributed by atoms with Gasteiger partial charge in [0.25, 0.3) is 0 Å². The molecule has 1 N–H and O–H groups in total. The van der Waals surface area contributed by atoms with Crippen molar-refractivity contribution >= 4 is 38.7 Å². The van der Waals surface area contributed by atoms with E-state index in [-0.39, 0.29) is 17.1 Å². The van der Waals surface area contributed by atoms with Gasteiger partial charge in [-0.1, -0.05) is 59.2 Å². The third-order valence-electron chi connectivity index (χ3n) is 8.42. The van der Waals surface area contributed by atoms with Gasteiger partial charge >= 0.3 is 0 Å². The summed E-state index contributed by atoms with van der Waals surface area (Å²) in [7, 11) is 0. The number of nitrogens with one attached hydrogen (secondary N) is 1. The molecule has 2 aromatic carbocycles.